The van der Waals surface area contributed by atoms with Crippen molar-refractivity contribution in [2.75, 3.05) is 6.54 Å². The second kappa shape index (κ2) is 6.40. The lowest BCUT2D eigenvalue weighted by atomic mass is 9.89. The van der Waals surface area contributed by atoms with Gasteiger partial charge in [-0.1, -0.05) is 36.2 Å². The fourth-order valence-electron chi connectivity index (χ4n) is 2.72. The number of halogens is 1. The third-order valence-corrected chi connectivity index (χ3v) is 3.72. The number of likely N-dealkylation sites (N-methyl/N-ethyl adjacent to an activating group) is 1. The van der Waals surface area contributed by atoms with E-state index >= 15 is 0 Å². The molecular weight excluding hydrogens is 242 g/mol. The van der Waals surface area contributed by atoms with Gasteiger partial charge in [0.15, 0.2) is 0 Å². The molecule has 0 radical (unpaired) electrons. The zero-order valence-corrected chi connectivity index (χ0v) is 12.1. The van der Waals surface area contributed by atoms with E-state index in [0.717, 1.165) is 11.6 Å². The van der Waals surface area contributed by atoms with Crippen molar-refractivity contribution in [3.05, 3.63) is 46.0 Å². The first-order valence-electron chi connectivity index (χ1n) is 6.90. The van der Waals surface area contributed by atoms with Crippen molar-refractivity contribution in [1.29, 1.82) is 0 Å². The Hall–Kier alpha value is -0.790. The van der Waals surface area contributed by atoms with Crippen molar-refractivity contribution in [3.63, 3.8) is 0 Å². The van der Waals surface area contributed by atoms with Gasteiger partial charge >= 0.3 is 0 Å². The van der Waals surface area contributed by atoms with Crippen molar-refractivity contribution < 1.29 is 0 Å². The molecule has 1 atom stereocenters. The Morgan fingerprint density at radius 3 is 2.72 bits per heavy atom. The van der Waals surface area contributed by atoms with Gasteiger partial charge in [-0.05, 0) is 62.4 Å². The highest BCUT2D eigenvalue weighted by molar-refractivity contribution is 6.30. The molecule has 1 unspecified atom stereocenters. The maximum atomic E-state index is 6.19. The van der Waals surface area contributed by atoms with E-state index in [9.17, 15) is 0 Å². The zero-order valence-electron chi connectivity index (χ0n) is 11.3. The summed E-state index contributed by atoms with van der Waals surface area (Å²) < 4.78 is 0. The van der Waals surface area contributed by atoms with Crippen LogP contribution < -0.4 is 5.32 Å². The third kappa shape index (κ3) is 3.37. The Bertz CT molecular complexity index is 416. The maximum absolute atomic E-state index is 6.19. The molecule has 98 valence electrons. The minimum absolute atomic E-state index is 0.340. The van der Waals surface area contributed by atoms with E-state index in [1.807, 2.05) is 6.07 Å². The van der Waals surface area contributed by atoms with Crippen LogP contribution >= 0.6 is 11.6 Å². The van der Waals surface area contributed by atoms with Crippen molar-refractivity contribution in [2.45, 2.75) is 45.6 Å². The van der Waals surface area contributed by atoms with Crippen LogP contribution in [-0.2, 0) is 0 Å². The maximum Gasteiger partial charge on any atom is 0.0536 e. The molecule has 0 aromatic heterocycles. The molecule has 0 spiro atoms. The molecule has 1 aliphatic carbocycles. The average molecular weight is 264 g/mol. The zero-order chi connectivity index (χ0) is 13.0. The molecule has 2 rings (SSSR count). The van der Waals surface area contributed by atoms with Crippen LogP contribution in [0.3, 0.4) is 0 Å². The first-order chi connectivity index (χ1) is 8.70. The molecular formula is C16H22ClN. The number of hydrogen-bond donors (Lipinski definition) is 1. The summed E-state index contributed by atoms with van der Waals surface area (Å²) in [5.41, 5.74) is 4.07. The van der Waals surface area contributed by atoms with Crippen molar-refractivity contribution in [1.82, 2.24) is 5.32 Å². The van der Waals surface area contributed by atoms with E-state index in [0.29, 0.717) is 6.04 Å². The first-order valence-corrected chi connectivity index (χ1v) is 7.28. The highest BCUT2D eigenvalue weighted by Gasteiger charge is 2.17. The van der Waals surface area contributed by atoms with Gasteiger partial charge < -0.3 is 5.32 Å². The number of allylic oxidation sites excluding steroid dienone is 1. The van der Waals surface area contributed by atoms with E-state index in [1.54, 1.807) is 0 Å². The molecule has 1 N–H and O–H groups in total. The molecule has 2 heteroatoms. The molecule has 0 heterocycles. The number of benzene rings is 1. The average Bonchev–Trinajstić information content (AvgIpc) is 2.36. The van der Waals surface area contributed by atoms with Crippen molar-refractivity contribution in [3.8, 4) is 0 Å². The van der Waals surface area contributed by atoms with Crippen LogP contribution in [0.25, 0.3) is 0 Å². The van der Waals surface area contributed by atoms with Crippen LogP contribution in [0.4, 0.5) is 0 Å². The molecule has 1 aromatic carbocycles. The van der Waals surface area contributed by atoms with E-state index in [1.165, 1.54) is 42.4 Å². The molecule has 0 saturated carbocycles. The minimum Gasteiger partial charge on any atom is -0.307 e. The predicted octanol–water partition coefficient (Wildman–Crippen LogP) is 4.80. The lowest BCUT2D eigenvalue weighted by Gasteiger charge is -2.25. The topological polar surface area (TPSA) is 12.0 Å². The van der Waals surface area contributed by atoms with Crippen LogP contribution in [0.15, 0.2) is 29.8 Å². The molecule has 0 fully saturated rings. The van der Waals surface area contributed by atoms with Crippen LogP contribution in [0.5, 0.6) is 0 Å². The number of nitrogens with one attached hydrogen (secondary N) is 1. The molecule has 18 heavy (non-hydrogen) atoms. The second-order valence-electron chi connectivity index (χ2n) is 5.08. The summed E-state index contributed by atoms with van der Waals surface area (Å²) in [6.45, 7) is 5.25. The van der Waals surface area contributed by atoms with Crippen LogP contribution in [0.1, 0.15) is 49.8 Å². The van der Waals surface area contributed by atoms with Crippen molar-refractivity contribution in [2.24, 2.45) is 0 Å². The molecule has 1 aromatic rings. The SMILES string of the molecule is CCNC(C1=CCCCC1)c1cc(C)cc(Cl)c1. The Kier molecular flexibility index (Phi) is 4.85. The Labute approximate surface area is 115 Å². The minimum atomic E-state index is 0.340. The highest BCUT2D eigenvalue weighted by Crippen LogP contribution is 2.31. The molecule has 0 bridgehead atoms. The lowest BCUT2D eigenvalue weighted by molar-refractivity contribution is 0.563. The summed E-state index contributed by atoms with van der Waals surface area (Å²) in [5.74, 6) is 0. The summed E-state index contributed by atoms with van der Waals surface area (Å²) in [6.07, 6.45) is 7.48. The van der Waals surface area contributed by atoms with Gasteiger partial charge in [-0.2, -0.15) is 0 Å². The van der Waals surface area contributed by atoms with Crippen LogP contribution in [-0.4, -0.2) is 6.54 Å². The largest absolute Gasteiger partial charge is 0.307 e. The van der Waals surface area contributed by atoms with Gasteiger partial charge in [0.25, 0.3) is 0 Å². The fraction of sp³-hybridized carbons (Fsp3) is 0.500. The Balaban J connectivity index is 2.31. The molecule has 0 saturated heterocycles. The van der Waals surface area contributed by atoms with E-state index in [2.05, 4.69) is 37.4 Å². The van der Waals surface area contributed by atoms with Gasteiger partial charge in [0.05, 0.1) is 6.04 Å². The quantitative estimate of drug-likeness (QED) is 0.770. The highest BCUT2D eigenvalue weighted by atomic mass is 35.5. The van der Waals surface area contributed by atoms with Gasteiger partial charge in [0, 0.05) is 5.02 Å². The van der Waals surface area contributed by atoms with E-state index in [4.69, 9.17) is 11.6 Å². The summed E-state index contributed by atoms with van der Waals surface area (Å²) >= 11 is 6.19. The number of hydrogen-bond acceptors (Lipinski definition) is 1. The van der Waals surface area contributed by atoms with Crippen LogP contribution in [0, 0.1) is 6.92 Å². The van der Waals surface area contributed by atoms with E-state index in [-0.39, 0.29) is 0 Å². The van der Waals surface area contributed by atoms with Crippen molar-refractivity contribution >= 4 is 11.6 Å². The number of rotatable bonds is 4. The monoisotopic (exact) mass is 263 g/mol. The summed E-state index contributed by atoms with van der Waals surface area (Å²) in [5, 5.41) is 4.43. The molecule has 1 aliphatic rings. The Morgan fingerprint density at radius 2 is 2.11 bits per heavy atom. The predicted molar refractivity (Wildman–Crippen MR) is 79.2 cm³/mol. The van der Waals surface area contributed by atoms with Gasteiger partial charge in [-0.3, -0.25) is 0 Å². The third-order valence-electron chi connectivity index (χ3n) is 3.50. The lowest BCUT2D eigenvalue weighted by Crippen LogP contribution is -2.23. The summed E-state index contributed by atoms with van der Waals surface area (Å²) in [4.78, 5) is 0. The number of aryl methyl sites for hydroxylation is 1. The van der Waals surface area contributed by atoms with Gasteiger partial charge in [0.1, 0.15) is 0 Å². The first kappa shape index (κ1) is 13.6. The Morgan fingerprint density at radius 1 is 1.28 bits per heavy atom. The smallest absolute Gasteiger partial charge is 0.0536 e. The second-order valence-corrected chi connectivity index (χ2v) is 5.51. The summed E-state index contributed by atoms with van der Waals surface area (Å²) in [7, 11) is 0. The van der Waals surface area contributed by atoms with E-state index < -0.39 is 0 Å². The molecule has 0 aliphatic heterocycles. The fourth-order valence-corrected chi connectivity index (χ4v) is 3.02. The molecule has 0 amide bonds. The van der Waals surface area contributed by atoms with Gasteiger partial charge in [-0.15, -0.1) is 0 Å². The van der Waals surface area contributed by atoms with Crippen LogP contribution in [0.2, 0.25) is 5.02 Å². The summed E-state index contributed by atoms with van der Waals surface area (Å²) in [6, 6.07) is 6.70. The normalized spacial score (nSPS) is 17.4. The standard InChI is InChI=1S/C16H22ClN/c1-3-18-16(13-7-5-4-6-8-13)14-9-12(2)10-15(17)11-14/h7,9-11,16,18H,3-6,8H2,1-2H3. The van der Waals surface area contributed by atoms with Gasteiger partial charge in [-0.25, -0.2) is 0 Å². The van der Waals surface area contributed by atoms with Gasteiger partial charge in [0.2, 0.25) is 0 Å². The molecule has 1 nitrogen and oxygen atoms in total.